The zero-order valence-electron chi connectivity index (χ0n) is 14.3. The summed E-state index contributed by atoms with van der Waals surface area (Å²) in [5, 5.41) is 20.9. The zero-order valence-corrected chi connectivity index (χ0v) is 14.3. The monoisotopic (exact) mass is 342 g/mol. The van der Waals surface area contributed by atoms with Crippen LogP contribution in [-0.4, -0.2) is 53.0 Å². The second-order valence-corrected chi connectivity index (χ2v) is 7.90. The van der Waals surface area contributed by atoms with E-state index in [1.807, 2.05) is 0 Å². The Bertz CT molecular complexity index is 429. The Hall–Kier alpha value is -0.240. The van der Waals surface area contributed by atoms with Gasteiger partial charge in [0.2, 0.25) is 0 Å². The summed E-state index contributed by atoms with van der Waals surface area (Å²) in [5.41, 5.74) is 0. The molecule has 0 aromatic rings. The zero-order chi connectivity index (χ0) is 16.6. The highest BCUT2D eigenvalue weighted by Crippen LogP contribution is 2.41. The van der Waals surface area contributed by atoms with Gasteiger partial charge < -0.3 is 29.2 Å². The molecule has 0 bridgehead atoms. The molecule has 4 rings (SSSR count). The minimum absolute atomic E-state index is 0.257. The first kappa shape index (κ1) is 17.2. The van der Waals surface area contributed by atoms with Gasteiger partial charge in [0.25, 0.3) is 0 Å². The van der Waals surface area contributed by atoms with Gasteiger partial charge in [0.05, 0.1) is 12.7 Å². The summed E-state index contributed by atoms with van der Waals surface area (Å²) in [4.78, 5) is 0. The molecule has 4 fully saturated rings. The summed E-state index contributed by atoms with van der Waals surface area (Å²) in [6, 6.07) is 0. The van der Waals surface area contributed by atoms with Gasteiger partial charge >= 0.3 is 0 Å². The van der Waals surface area contributed by atoms with Crippen molar-refractivity contribution in [1.29, 1.82) is 0 Å². The molecule has 0 amide bonds. The molecule has 3 unspecified atom stereocenters. The highest BCUT2D eigenvalue weighted by Gasteiger charge is 2.50. The third-order valence-corrected chi connectivity index (χ3v) is 5.97. The van der Waals surface area contributed by atoms with Gasteiger partial charge in [-0.25, -0.2) is 0 Å². The van der Waals surface area contributed by atoms with Gasteiger partial charge in [-0.3, -0.25) is 0 Å². The predicted octanol–water partition coefficient (Wildman–Crippen LogP) is 2.21. The van der Waals surface area contributed by atoms with Gasteiger partial charge in [-0.05, 0) is 25.7 Å². The number of hydrogen-bond donors (Lipinski definition) is 2. The van der Waals surface area contributed by atoms with Crippen LogP contribution in [0.15, 0.2) is 0 Å². The molecule has 0 aromatic heterocycles. The average Bonchev–Trinajstić information content (AvgIpc) is 3.12. The van der Waals surface area contributed by atoms with Crippen molar-refractivity contribution < 1.29 is 29.2 Å². The molecule has 2 aliphatic heterocycles. The summed E-state index contributed by atoms with van der Waals surface area (Å²) in [6.07, 6.45) is 8.14. The summed E-state index contributed by atoms with van der Waals surface area (Å²) in [6.45, 7) is 0.457. The molecule has 2 aliphatic carbocycles. The van der Waals surface area contributed by atoms with Gasteiger partial charge in [-0.15, -0.1) is 0 Å². The molecule has 2 N–H and O–H groups in total. The molecule has 0 aromatic carbocycles. The lowest BCUT2D eigenvalue weighted by atomic mass is 9.94. The van der Waals surface area contributed by atoms with Crippen LogP contribution in [0.25, 0.3) is 0 Å². The van der Waals surface area contributed by atoms with Gasteiger partial charge in [0, 0.05) is 32.1 Å². The number of hydrogen-bond acceptors (Lipinski definition) is 6. The molecule has 6 nitrogen and oxygen atoms in total. The maximum atomic E-state index is 10.5. The Morgan fingerprint density at radius 3 is 2.29 bits per heavy atom. The van der Waals surface area contributed by atoms with E-state index in [4.69, 9.17) is 18.9 Å². The van der Waals surface area contributed by atoms with Crippen molar-refractivity contribution in [1.82, 2.24) is 0 Å². The molecular formula is C18H30O6. The lowest BCUT2D eigenvalue weighted by Gasteiger charge is -2.34. The smallest absolute Gasteiger partial charge is 0.169 e. The van der Waals surface area contributed by atoms with Crippen LogP contribution < -0.4 is 0 Å². The molecule has 24 heavy (non-hydrogen) atoms. The lowest BCUT2D eigenvalue weighted by molar-refractivity contribution is -0.301. The van der Waals surface area contributed by atoms with E-state index < -0.39 is 30.1 Å². The number of rotatable bonds is 3. The van der Waals surface area contributed by atoms with Crippen LogP contribution in [0.5, 0.6) is 0 Å². The molecule has 2 saturated carbocycles. The molecule has 4 atom stereocenters. The van der Waals surface area contributed by atoms with Crippen molar-refractivity contribution in [3.8, 4) is 0 Å². The highest BCUT2D eigenvalue weighted by molar-refractivity contribution is 4.92. The Morgan fingerprint density at radius 2 is 1.58 bits per heavy atom. The fourth-order valence-electron chi connectivity index (χ4n) is 4.62. The van der Waals surface area contributed by atoms with Crippen molar-refractivity contribution in [2.24, 2.45) is 0 Å². The molecular weight excluding hydrogens is 312 g/mol. The fourth-order valence-corrected chi connectivity index (χ4v) is 4.62. The summed E-state index contributed by atoms with van der Waals surface area (Å²) in [7, 11) is 0. The predicted molar refractivity (Wildman–Crippen MR) is 85.0 cm³/mol. The van der Waals surface area contributed by atoms with Crippen molar-refractivity contribution >= 4 is 0 Å². The van der Waals surface area contributed by atoms with E-state index in [0.29, 0.717) is 25.9 Å². The second-order valence-electron chi connectivity index (χ2n) is 7.90. The van der Waals surface area contributed by atoms with Crippen LogP contribution in [0.1, 0.15) is 70.6 Å². The highest BCUT2D eigenvalue weighted by atomic mass is 16.8. The quantitative estimate of drug-likeness (QED) is 0.766. The summed E-state index contributed by atoms with van der Waals surface area (Å²) in [5.74, 6) is -1.57. The van der Waals surface area contributed by atoms with Crippen molar-refractivity contribution in [3.63, 3.8) is 0 Å². The number of aliphatic hydroxyl groups is 2. The maximum absolute atomic E-state index is 10.5. The van der Waals surface area contributed by atoms with Crippen molar-refractivity contribution in [2.45, 2.75) is 107 Å². The first-order chi connectivity index (χ1) is 11.6. The standard InChI is InChI=1S/C18H30O6/c19-13-11-15(24-17(20)7-3-1-4-8-17)22-16(13)14-12-21-18(23-14)9-5-2-6-10-18/h13-16,19-20H,1-12H2/t13?,14?,15-,16?/m1/s1. The van der Waals surface area contributed by atoms with E-state index >= 15 is 0 Å². The molecule has 138 valence electrons. The fraction of sp³-hybridized carbons (Fsp3) is 1.00. The Morgan fingerprint density at radius 1 is 0.917 bits per heavy atom. The third kappa shape index (κ3) is 3.50. The van der Waals surface area contributed by atoms with E-state index in [0.717, 1.165) is 44.9 Å². The van der Waals surface area contributed by atoms with Crippen LogP contribution in [0, 0.1) is 0 Å². The molecule has 2 saturated heterocycles. The average molecular weight is 342 g/mol. The van der Waals surface area contributed by atoms with Gasteiger partial charge in [-0.1, -0.05) is 12.8 Å². The topological polar surface area (TPSA) is 77.4 Å². The van der Waals surface area contributed by atoms with Crippen molar-refractivity contribution in [3.05, 3.63) is 0 Å². The van der Waals surface area contributed by atoms with E-state index in [2.05, 4.69) is 0 Å². The van der Waals surface area contributed by atoms with Crippen LogP contribution in [0.2, 0.25) is 0 Å². The SMILES string of the molecule is OC1C[C@@H](OC2(O)CCCCC2)OC1C1COC2(CCCCC2)O1. The Kier molecular flexibility index (Phi) is 4.88. The molecule has 0 radical (unpaired) electrons. The Balaban J connectivity index is 1.34. The molecule has 6 heteroatoms. The number of ether oxygens (including phenoxy) is 4. The van der Waals surface area contributed by atoms with Crippen LogP contribution >= 0.6 is 0 Å². The van der Waals surface area contributed by atoms with Crippen LogP contribution in [0.4, 0.5) is 0 Å². The van der Waals surface area contributed by atoms with E-state index in [-0.39, 0.29) is 6.10 Å². The lowest BCUT2D eigenvalue weighted by Crippen LogP contribution is -2.41. The van der Waals surface area contributed by atoms with E-state index in [1.54, 1.807) is 0 Å². The second kappa shape index (κ2) is 6.82. The van der Waals surface area contributed by atoms with Crippen LogP contribution in [-0.2, 0) is 18.9 Å². The summed E-state index contributed by atoms with van der Waals surface area (Å²) >= 11 is 0. The maximum Gasteiger partial charge on any atom is 0.169 e. The van der Waals surface area contributed by atoms with Crippen LogP contribution in [0.3, 0.4) is 0 Å². The largest absolute Gasteiger partial charge is 0.390 e. The molecule has 1 spiro atoms. The first-order valence-electron chi connectivity index (χ1n) is 9.63. The minimum Gasteiger partial charge on any atom is -0.390 e. The van der Waals surface area contributed by atoms with Gasteiger partial charge in [0.1, 0.15) is 12.2 Å². The van der Waals surface area contributed by atoms with Gasteiger partial charge in [0.15, 0.2) is 17.9 Å². The molecule has 4 aliphatic rings. The van der Waals surface area contributed by atoms with E-state index in [9.17, 15) is 10.2 Å². The van der Waals surface area contributed by atoms with Crippen molar-refractivity contribution in [2.75, 3.05) is 6.61 Å². The summed E-state index contributed by atoms with van der Waals surface area (Å²) < 4.78 is 23.9. The first-order valence-corrected chi connectivity index (χ1v) is 9.63. The Labute approximate surface area is 143 Å². The van der Waals surface area contributed by atoms with Gasteiger partial charge in [-0.2, -0.15) is 0 Å². The molecule has 2 heterocycles. The number of aliphatic hydroxyl groups excluding tert-OH is 1. The third-order valence-electron chi connectivity index (χ3n) is 5.97. The van der Waals surface area contributed by atoms with E-state index in [1.165, 1.54) is 6.42 Å². The normalized spacial score (nSPS) is 41.8. The minimum atomic E-state index is -1.10.